The van der Waals surface area contributed by atoms with Crippen LogP contribution in [0.2, 0.25) is 0 Å². The standard InChI is InChI=1S/C9H17N3O3/c1-7-3-2-4-11-12(7)8(13)5-10-6-9(14)15/h7,10-11H,2-6H2,1H3,(H,14,15)/t7-/m1/s1. The van der Waals surface area contributed by atoms with E-state index in [1.165, 1.54) is 0 Å². The number of carbonyl (C=O) groups excluding carboxylic acids is 1. The van der Waals surface area contributed by atoms with E-state index < -0.39 is 5.97 Å². The minimum Gasteiger partial charge on any atom is -0.480 e. The van der Waals surface area contributed by atoms with E-state index in [-0.39, 0.29) is 25.0 Å². The number of hydrogen-bond acceptors (Lipinski definition) is 4. The Morgan fingerprint density at radius 2 is 2.27 bits per heavy atom. The van der Waals surface area contributed by atoms with Crippen molar-refractivity contribution in [3.05, 3.63) is 0 Å². The molecule has 0 saturated carbocycles. The maximum absolute atomic E-state index is 11.6. The highest BCUT2D eigenvalue weighted by atomic mass is 16.4. The fourth-order valence-electron chi connectivity index (χ4n) is 1.58. The van der Waals surface area contributed by atoms with Gasteiger partial charge in [-0.25, -0.2) is 5.43 Å². The zero-order valence-corrected chi connectivity index (χ0v) is 8.82. The molecule has 86 valence electrons. The van der Waals surface area contributed by atoms with Gasteiger partial charge in [-0.15, -0.1) is 0 Å². The van der Waals surface area contributed by atoms with Crippen LogP contribution in [0.15, 0.2) is 0 Å². The summed E-state index contributed by atoms with van der Waals surface area (Å²) in [5.74, 6) is -1.06. The molecule has 0 aromatic heterocycles. The van der Waals surface area contributed by atoms with Crippen molar-refractivity contribution in [2.24, 2.45) is 0 Å². The summed E-state index contributed by atoms with van der Waals surface area (Å²) in [6, 6.07) is 0.179. The van der Waals surface area contributed by atoms with E-state index >= 15 is 0 Å². The van der Waals surface area contributed by atoms with Gasteiger partial charge in [-0.05, 0) is 19.8 Å². The highest BCUT2D eigenvalue weighted by molar-refractivity contribution is 5.79. The summed E-state index contributed by atoms with van der Waals surface area (Å²) in [4.78, 5) is 21.8. The van der Waals surface area contributed by atoms with Gasteiger partial charge in [0.2, 0.25) is 0 Å². The fraction of sp³-hybridized carbons (Fsp3) is 0.778. The predicted molar refractivity (Wildman–Crippen MR) is 54.1 cm³/mol. The number of carboxylic acid groups (broad SMARTS) is 1. The quantitative estimate of drug-likeness (QED) is 0.570. The average molecular weight is 215 g/mol. The zero-order chi connectivity index (χ0) is 11.3. The van der Waals surface area contributed by atoms with Crippen molar-refractivity contribution < 1.29 is 14.7 Å². The van der Waals surface area contributed by atoms with Crippen LogP contribution < -0.4 is 10.7 Å². The topological polar surface area (TPSA) is 81.7 Å². The molecule has 1 atom stereocenters. The fourth-order valence-corrected chi connectivity index (χ4v) is 1.58. The van der Waals surface area contributed by atoms with Crippen molar-refractivity contribution in [3.8, 4) is 0 Å². The Morgan fingerprint density at radius 3 is 2.87 bits per heavy atom. The summed E-state index contributed by atoms with van der Waals surface area (Å²) in [5, 5.41) is 12.5. The molecule has 1 aliphatic heterocycles. The molecule has 1 fully saturated rings. The van der Waals surface area contributed by atoms with Crippen LogP contribution in [0.25, 0.3) is 0 Å². The summed E-state index contributed by atoms with van der Waals surface area (Å²) in [6.45, 7) is 2.65. The molecule has 15 heavy (non-hydrogen) atoms. The number of carbonyl (C=O) groups is 2. The molecule has 0 unspecified atom stereocenters. The van der Waals surface area contributed by atoms with Crippen molar-refractivity contribution in [2.45, 2.75) is 25.8 Å². The van der Waals surface area contributed by atoms with Gasteiger partial charge in [-0.1, -0.05) is 0 Å². The maximum Gasteiger partial charge on any atom is 0.317 e. The molecule has 0 aromatic rings. The van der Waals surface area contributed by atoms with Crippen molar-refractivity contribution >= 4 is 11.9 Å². The van der Waals surface area contributed by atoms with Gasteiger partial charge in [0.05, 0.1) is 13.1 Å². The number of aliphatic carboxylic acids is 1. The third-order valence-corrected chi connectivity index (χ3v) is 2.34. The number of hydrogen-bond donors (Lipinski definition) is 3. The Balaban J connectivity index is 2.29. The van der Waals surface area contributed by atoms with Crippen molar-refractivity contribution in [1.82, 2.24) is 15.8 Å². The second kappa shape index (κ2) is 5.67. The SMILES string of the molecule is C[C@@H]1CCCNN1C(=O)CNCC(=O)O. The molecular weight excluding hydrogens is 198 g/mol. The normalized spacial score (nSPS) is 21.4. The molecule has 3 N–H and O–H groups in total. The first kappa shape index (κ1) is 11.9. The largest absolute Gasteiger partial charge is 0.480 e. The molecule has 1 aliphatic rings. The van der Waals surface area contributed by atoms with Crippen LogP contribution in [-0.4, -0.2) is 47.7 Å². The van der Waals surface area contributed by atoms with Crippen molar-refractivity contribution in [2.75, 3.05) is 19.6 Å². The summed E-state index contributed by atoms with van der Waals surface area (Å²) in [5.41, 5.74) is 3.00. The lowest BCUT2D eigenvalue weighted by atomic mass is 10.1. The monoisotopic (exact) mass is 215 g/mol. The summed E-state index contributed by atoms with van der Waals surface area (Å²) >= 11 is 0. The van der Waals surface area contributed by atoms with Crippen LogP contribution in [-0.2, 0) is 9.59 Å². The Hall–Kier alpha value is -1.14. The minimum absolute atomic E-state index is 0.0592. The number of hydrazine groups is 1. The summed E-state index contributed by atoms with van der Waals surface area (Å²) in [7, 11) is 0. The van der Waals surface area contributed by atoms with Crippen LogP contribution in [0.1, 0.15) is 19.8 Å². The van der Waals surface area contributed by atoms with E-state index in [0.717, 1.165) is 19.4 Å². The van der Waals surface area contributed by atoms with Gasteiger partial charge in [0, 0.05) is 12.6 Å². The van der Waals surface area contributed by atoms with E-state index in [2.05, 4.69) is 10.7 Å². The van der Waals surface area contributed by atoms with Crippen LogP contribution in [0, 0.1) is 0 Å². The first-order valence-electron chi connectivity index (χ1n) is 5.09. The predicted octanol–water partition coefficient (Wildman–Crippen LogP) is -0.824. The number of nitrogens with one attached hydrogen (secondary N) is 2. The first-order chi connectivity index (χ1) is 7.11. The van der Waals surface area contributed by atoms with E-state index in [4.69, 9.17) is 5.11 Å². The molecule has 0 radical (unpaired) electrons. The van der Waals surface area contributed by atoms with Crippen LogP contribution in [0.3, 0.4) is 0 Å². The van der Waals surface area contributed by atoms with Gasteiger partial charge in [0.25, 0.3) is 5.91 Å². The lowest BCUT2D eigenvalue weighted by Crippen LogP contribution is -2.54. The molecule has 0 aliphatic carbocycles. The van der Waals surface area contributed by atoms with E-state index in [9.17, 15) is 9.59 Å². The lowest BCUT2D eigenvalue weighted by molar-refractivity contribution is -0.138. The van der Waals surface area contributed by atoms with Gasteiger partial charge < -0.3 is 5.11 Å². The first-order valence-corrected chi connectivity index (χ1v) is 5.09. The smallest absolute Gasteiger partial charge is 0.317 e. The number of rotatable bonds is 4. The third kappa shape index (κ3) is 3.85. The second-order valence-corrected chi connectivity index (χ2v) is 3.66. The van der Waals surface area contributed by atoms with Gasteiger partial charge in [-0.2, -0.15) is 0 Å². The molecule has 0 aromatic carbocycles. The number of amides is 1. The molecule has 1 rings (SSSR count). The van der Waals surface area contributed by atoms with Gasteiger partial charge in [0.15, 0.2) is 0 Å². The Kier molecular flexibility index (Phi) is 4.51. The summed E-state index contributed by atoms with van der Waals surface area (Å²) < 4.78 is 0. The molecule has 0 spiro atoms. The van der Waals surface area contributed by atoms with Crippen molar-refractivity contribution in [3.63, 3.8) is 0 Å². The molecular formula is C9H17N3O3. The Bertz CT molecular complexity index is 245. The second-order valence-electron chi connectivity index (χ2n) is 3.66. The number of carboxylic acids is 1. The Labute approximate surface area is 88.6 Å². The highest BCUT2D eigenvalue weighted by Gasteiger charge is 2.22. The molecule has 1 amide bonds. The summed E-state index contributed by atoms with van der Waals surface area (Å²) in [6.07, 6.45) is 2.05. The van der Waals surface area contributed by atoms with Crippen LogP contribution in [0.4, 0.5) is 0 Å². The van der Waals surface area contributed by atoms with Crippen LogP contribution in [0.5, 0.6) is 0 Å². The zero-order valence-electron chi connectivity index (χ0n) is 8.82. The number of nitrogens with zero attached hydrogens (tertiary/aromatic N) is 1. The van der Waals surface area contributed by atoms with Gasteiger partial charge in [0.1, 0.15) is 0 Å². The molecule has 1 saturated heterocycles. The lowest BCUT2D eigenvalue weighted by Gasteiger charge is -2.33. The van der Waals surface area contributed by atoms with E-state index in [1.807, 2.05) is 6.92 Å². The minimum atomic E-state index is -0.956. The molecule has 0 bridgehead atoms. The van der Waals surface area contributed by atoms with Crippen molar-refractivity contribution in [1.29, 1.82) is 0 Å². The highest BCUT2D eigenvalue weighted by Crippen LogP contribution is 2.08. The van der Waals surface area contributed by atoms with E-state index in [0.29, 0.717) is 0 Å². The molecule has 1 heterocycles. The average Bonchev–Trinajstić information content (AvgIpc) is 2.17. The Morgan fingerprint density at radius 1 is 1.53 bits per heavy atom. The third-order valence-electron chi connectivity index (χ3n) is 2.34. The van der Waals surface area contributed by atoms with E-state index in [1.54, 1.807) is 5.01 Å². The molecule has 6 nitrogen and oxygen atoms in total. The van der Waals surface area contributed by atoms with Gasteiger partial charge in [-0.3, -0.25) is 19.9 Å². The van der Waals surface area contributed by atoms with Gasteiger partial charge >= 0.3 is 5.97 Å². The molecule has 6 heteroatoms. The van der Waals surface area contributed by atoms with Crippen LogP contribution >= 0.6 is 0 Å². The maximum atomic E-state index is 11.6.